The first-order valence-corrected chi connectivity index (χ1v) is 11.6. The van der Waals surface area contributed by atoms with Crippen molar-refractivity contribution in [3.63, 3.8) is 0 Å². The lowest BCUT2D eigenvalue weighted by Crippen LogP contribution is -2.38. The minimum absolute atomic E-state index is 0.769. The molecule has 2 fully saturated rings. The Balaban J connectivity index is 1.28. The third-order valence-corrected chi connectivity index (χ3v) is 6.72. The van der Waals surface area contributed by atoms with Gasteiger partial charge >= 0.3 is 0 Å². The first-order valence-electron chi connectivity index (χ1n) is 10.4. The van der Waals surface area contributed by atoms with Gasteiger partial charge in [0.2, 0.25) is 0 Å². The van der Waals surface area contributed by atoms with Crippen LogP contribution in [0.25, 0.3) is 0 Å². The Morgan fingerprint density at radius 3 is 2.29 bits per heavy atom. The molecule has 0 N–H and O–H groups in total. The fourth-order valence-corrected chi connectivity index (χ4v) is 5.12. The highest BCUT2D eigenvalue weighted by Crippen LogP contribution is 2.25. The molecule has 0 amide bonds. The van der Waals surface area contributed by atoms with Gasteiger partial charge in [0.25, 0.3) is 0 Å². The third-order valence-electron chi connectivity index (χ3n) is 5.78. The number of hydrogen-bond acceptors (Lipinski definition) is 6. The molecule has 0 saturated carbocycles. The summed E-state index contributed by atoms with van der Waals surface area (Å²) < 4.78 is 0. The summed E-state index contributed by atoms with van der Waals surface area (Å²) in [5.41, 5.74) is 1.40. The van der Waals surface area contributed by atoms with Crippen molar-refractivity contribution in [1.29, 1.82) is 0 Å². The molecule has 6 heteroatoms. The highest BCUT2D eigenvalue weighted by Gasteiger charge is 2.22. The van der Waals surface area contributed by atoms with E-state index in [9.17, 15) is 0 Å². The minimum atomic E-state index is 0.769. The van der Waals surface area contributed by atoms with Gasteiger partial charge in [0.05, 0.1) is 0 Å². The molecule has 2 aromatic rings. The van der Waals surface area contributed by atoms with Gasteiger partial charge in [-0.2, -0.15) is 11.8 Å². The van der Waals surface area contributed by atoms with Gasteiger partial charge in [-0.05, 0) is 31.4 Å². The van der Waals surface area contributed by atoms with E-state index < -0.39 is 0 Å². The standard InChI is InChI=1S/C22H31N5S/c1-25(16-19-5-3-2-4-6-19)17-20-7-9-26(10-8-20)21-15-22(24-18-23-21)27-11-13-28-14-12-27/h2-6,15,18,20H,7-14,16-17H2,1H3. The van der Waals surface area contributed by atoms with Gasteiger partial charge in [0, 0.05) is 56.8 Å². The molecule has 0 atom stereocenters. The van der Waals surface area contributed by atoms with Gasteiger partial charge in [-0.3, -0.25) is 0 Å². The molecule has 1 aromatic heterocycles. The fraction of sp³-hybridized carbons (Fsp3) is 0.545. The smallest absolute Gasteiger partial charge is 0.134 e. The first kappa shape index (κ1) is 19.5. The largest absolute Gasteiger partial charge is 0.356 e. The van der Waals surface area contributed by atoms with Crippen molar-refractivity contribution in [2.24, 2.45) is 5.92 Å². The van der Waals surface area contributed by atoms with Crippen molar-refractivity contribution in [1.82, 2.24) is 14.9 Å². The molecular formula is C22H31N5S. The lowest BCUT2D eigenvalue weighted by molar-refractivity contribution is 0.242. The predicted molar refractivity (Wildman–Crippen MR) is 119 cm³/mol. The SMILES string of the molecule is CN(Cc1ccccc1)CC1CCN(c2cc(N3CCSCC3)ncn2)CC1. The van der Waals surface area contributed by atoms with E-state index in [0.717, 1.165) is 50.3 Å². The number of hydrogen-bond donors (Lipinski definition) is 0. The Morgan fingerprint density at radius 1 is 0.964 bits per heavy atom. The van der Waals surface area contributed by atoms with Crippen molar-refractivity contribution in [3.8, 4) is 0 Å². The van der Waals surface area contributed by atoms with E-state index in [1.807, 2.05) is 11.8 Å². The normalized spacial score (nSPS) is 18.6. The second kappa shape index (κ2) is 9.61. The summed E-state index contributed by atoms with van der Waals surface area (Å²) in [4.78, 5) is 16.4. The summed E-state index contributed by atoms with van der Waals surface area (Å²) in [6, 6.07) is 13.0. The van der Waals surface area contributed by atoms with Gasteiger partial charge in [-0.25, -0.2) is 9.97 Å². The van der Waals surface area contributed by atoms with Crippen LogP contribution in [0.3, 0.4) is 0 Å². The lowest BCUT2D eigenvalue weighted by Gasteiger charge is -2.35. The van der Waals surface area contributed by atoms with Gasteiger partial charge in [0.15, 0.2) is 0 Å². The van der Waals surface area contributed by atoms with Gasteiger partial charge in [0.1, 0.15) is 18.0 Å². The highest BCUT2D eigenvalue weighted by atomic mass is 32.2. The zero-order valence-corrected chi connectivity index (χ0v) is 17.7. The molecule has 1 aromatic carbocycles. The maximum Gasteiger partial charge on any atom is 0.134 e. The minimum Gasteiger partial charge on any atom is -0.356 e. The van der Waals surface area contributed by atoms with E-state index >= 15 is 0 Å². The zero-order valence-electron chi connectivity index (χ0n) is 16.8. The van der Waals surface area contributed by atoms with E-state index in [2.05, 4.69) is 68.1 Å². The molecule has 5 nitrogen and oxygen atoms in total. The van der Waals surface area contributed by atoms with E-state index in [1.54, 1.807) is 6.33 Å². The number of thioether (sulfide) groups is 1. The Kier molecular flexibility index (Phi) is 6.70. The molecule has 3 heterocycles. The molecule has 0 spiro atoms. The van der Waals surface area contributed by atoms with Crippen LogP contribution in [0.5, 0.6) is 0 Å². The predicted octanol–water partition coefficient (Wildman–Crippen LogP) is 3.38. The zero-order chi connectivity index (χ0) is 19.2. The number of anilines is 2. The van der Waals surface area contributed by atoms with Crippen LogP contribution in [0.15, 0.2) is 42.7 Å². The molecular weight excluding hydrogens is 366 g/mol. The van der Waals surface area contributed by atoms with Gasteiger partial charge in [-0.15, -0.1) is 0 Å². The highest BCUT2D eigenvalue weighted by molar-refractivity contribution is 7.99. The molecule has 150 valence electrons. The molecule has 0 aliphatic carbocycles. The number of piperidine rings is 1. The summed E-state index contributed by atoms with van der Waals surface area (Å²) >= 11 is 2.03. The molecule has 0 radical (unpaired) electrons. The quantitative estimate of drug-likeness (QED) is 0.744. The summed E-state index contributed by atoms with van der Waals surface area (Å²) in [6.07, 6.45) is 4.21. The van der Waals surface area contributed by atoms with Crippen LogP contribution in [-0.2, 0) is 6.54 Å². The maximum atomic E-state index is 4.57. The molecule has 0 bridgehead atoms. The summed E-state index contributed by atoms with van der Waals surface area (Å²) in [5, 5.41) is 0. The van der Waals surface area contributed by atoms with Crippen LogP contribution in [0.2, 0.25) is 0 Å². The Bertz CT molecular complexity index is 727. The molecule has 0 unspecified atom stereocenters. The second-order valence-electron chi connectivity index (χ2n) is 7.95. The van der Waals surface area contributed by atoms with Crippen LogP contribution in [0.4, 0.5) is 11.6 Å². The average Bonchev–Trinajstić information content (AvgIpc) is 2.76. The lowest BCUT2D eigenvalue weighted by atomic mass is 9.96. The molecule has 2 aliphatic rings. The topological polar surface area (TPSA) is 35.5 Å². The van der Waals surface area contributed by atoms with E-state index in [-0.39, 0.29) is 0 Å². The summed E-state index contributed by atoms with van der Waals surface area (Å²) in [6.45, 7) is 6.58. The molecule has 2 saturated heterocycles. The van der Waals surface area contributed by atoms with Crippen LogP contribution >= 0.6 is 11.8 Å². The van der Waals surface area contributed by atoms with Crippen LogP contribution < -0.4 is 9.80 Å². The Labute approximate surface area is 173 Å². The number of benzene rings is 1. The second-order valence-corrected chi connectivity index (χ2v) is 9.17. The number of nitrogens with zero attached hydrogens (tertiary/aromatic N) is 5. The van der Waals surface area contributed by atoms with Crippen molar-refractivity contribution < 1.29 is 0 Å². The Morgan fingerprint density at radius 2 is 1.61 bits per heavy atom. The van der Waals surface area contributed by atoms with Crippen LogP contribution in [0, 0.1) is 5.92 Å². The number of rotatable bonds is 6. The summed E-state index contributed by atoms with van der Waals surface area (Å²) in [7, 11) is 2.24. The molecule has 2 aliphatic heterocycles. The number of aromatic nitrogens is 2. The molecule has 28 heavy (non-hydrogen) atoms. The monoisotopic (exact) mass is 397 g/mol. The van der Waals surface area contributed by atoms with E-state index in [0.29, 0.717) is 0 Å². The maximum absolute atomic E-state index is 4.57. The van der Waals surface area contributed by atoms with Crippen molar-refractivity contribution in [3.05, 3.63) is 48.3 Å². The van der Waals surface area contributed by atoms with Crippen molar-refractivity contribution in [2.75, 3.05) is 61.1 Å². The fourth-order valence-electron chi connectivity index (χ4n) is 4.22. The van der Waals surface area contributed by atoms with Crippen LogP contribution in [-0.4, -0.2) is 66.1 Å². The molecule has 4 rings (SSSR count). The first-order chi connectivity index (χ1) is 13.8. The Hall–Kier alpha value is -1.79. The third kappa shape index (κ3) is 5.17. The summed E-state index contributed by atoms with van der Waals surface area (Å²) in [5.74, 6) is 5.35. The average molecular weight is 398 g/mol. The van der Waals surface area contributed by atoms with E-state index in [4.69, 9.17) is 0 Å². The van der Waals surface area contributed by atoms with Gasteiger partial charge in [-0.1, -0.05) is 30.3 Å². The van der Waals surface area contributed by atoms with Crippen molar-refractivity contribution in [2.45, 2.75) is 19.4 Å². The van der Waals surface area contributed by atoms with Crippen molar-refractivity contribution >= 4 is 23.4 Å². The van der Waals surface area contributed by atoms with Crippen LogP contribution in [0.1, 0.15) is 18.4 Å². The van der Waals surface area contributed by atoms with Gasteiger partial charge < -0.3 is 14.7 Å². The van der Waals surface area contributed by atoms with E-state index in [1.165, 1.54) is 36.5 Å².